The quantitative estimate of drug-likeness (QED) is 0.784. The molecule has 0 fully saturated rings. The standard InChI is InChI=1S/C16H26N2O2/c1-16(2,3)20-15(19)18-14(11-7-8-12-17)13-9-5-4-6-10-13/h4-6,9-10,14H,7-8,11-12,17H2,1-3H3,(H,18,19)/t14-/m1/s1. The molecule has 1 rings (SSSR count). The lowest BCUT2D eigenvalue weighted by atomic mass is 10.0. The zero-order valence-corrected chi connectivity index (χ0v) is 12.7. The summed E-state index contributed by atoms with van der Waals surface area (Å²) in [5, 5.41) is 2.95. The SMILES string of the molecule is CC(C)(C)OC(=O)N[C@H](CCCCN)c1ccccc1. The minimum atomic E-state index is -0.484. The van der Waals surface area contributed by atoms with E-state index < -0.39 is 5.60 Å². The molecule has 3 N–H and O–H groups in total. The predicted octanol–water partition coefficient (Wildman–Crippen LogP) is 3.38. The van der Waals surface area contributed by atoms with Gasteiger partial charge in [0.25, 0.3) is 0 Å². The highest BCUT2D eigenvalue weighted by Gasteiger charge is 2.20. The summed E-state index contributed by atoms with van der Waals surface area (Å²) < 4.78 is 5.32. The minimum Gasteiger partial charge on any atom is -0.444 e. The first-order valence-corrected chi connectivity index (χ1v) is 7.17. The van der Waals surface area contributed by atoms with Gasteiger partial charge in [-0.2, -0.15) is 0 Å². The van der Waals surface area contributed by atoms with Crippen LogP contribution in [0.3, 0.4) is 0 Å². The number of hydrogen-bond acceptors (Lipinski definition) is 3. The second-order valence-electron chi connectivity index (χ2n) is 5.89. The van der Waals surface area contributed by atoms with E-state index in [1.54, 1.807) is 0 Å². The van der Waals surface area contributed by atoms with Gasteiger partial charge in [-0.15, -0.1) is 0 Å². The Balaban J connectivity index is 2.65. The van der Waals surface area contributed by atoms with Crippen molar-refractivity contribution in [3.8, 4) is 0 Å². The maximum atomic E-state index is 11.9. The normalized spacial score (nSPS) is 12.8. The molecule has 0 heterocycles. The van der Waals surface area contributed by atoms with Crippen LogP contribution in [0.15, 0.2) is 30.3 Å². The Hall–Kier alpha value is -1.55. The van der Waals surface area contributed by atoms with Gasteiger partial charge < -0.3 is 15.8 Å². The van der Waals surface area contributed by atoms with Crippen molar-refractivity contribution in [2.24, 2.45) is 5.73 Å². The predicted molar refractivity (Wildman–Crippen MR) is 81.5 cm³/mol. The van der Waals surface area contributed by atoms with Crippen LogP contribution in [0.4, 0.5) is 4.79 Å². The van der Waals surface area contributed by atoms with Crippen molar-refractivity contribution in [1.29, 1.82) is 0 Å². The van der Waals surface area contributed by atoms with Crippen LogP contribution in [0.1, 0.15) is 51.6 Å². The molecule has 0 saturated heterocycles. The fourth-order valence-electron chi connectivity index (χ4n) is 1.95. The zero-order chi connectivity index (χ0) is 15.0. The van der Waals surface area contributed by atoms with Crippen LogP contribution in [0.5, 0.6) is 0 Å². The van der Waals surface area contributed by atoms with Gasteiger partial charge in [-0.1, -0.05) is 30.3 Å². The molecule has 0 unspecified atom stereocenters. The molecule has 0 spiro atoms. The van der Waals surface area contributed by atoms with Crippen LogP contribution < -0.4 is 11.1 Å². The molecular weight excluding hydrogens is 252 g/mol. The molecule has 112 valence electrons. The van der Waals surface area contributed by atoms with Gasteiger partial charge in [-0.3, -0.25) is 0 Å². The Kier molecular flexibility index (Phi) is 6.52. The molecule has 0 radical (unpaired) electrons. The number of alkyl carbamates (subject to hydrolysis) is 1. The number of amides is 1. The molecule has 1 aromatic rings. The first-order chi connectivity index (χ1) is 9.42. The third kappa shape index (κ3) is 6.57. The summed E-state index contributed by atoms with van der Waals surface area (Å²) in [5.41, 5.74) is 6.14. The van der Waals surface area contributed by atoms with Crippen LogP contribution in [-0.4, -0.2) is 18.2 Å². The third-order valence-electron chi connectivity index (χ3n) is 2.84. The van der Waals surface area contributed by atoms with E-state index in [0.29, 0.717) is 6.54 Å². The van der Waals surface area contributed by atoms with Gasteiger partial charge >= 0.3 is 6.09 Å². The Bertz CT molecular complexity index is 399. The van der Waals surface area contributed by atoms with Crippen LogP contribution in [0.2, 0.25) is 0 Å². The van der Waals surface area contributed by atoms with Crippen LogP contribution >= 0.6 is 0 Å². The molecule has 0 saturated carbocycles. The van der Waals surface area contributed by atoms with Gasteiger partial charge in [-0.05, 0) is 52.1 Å². The lowest BCUT2D eigenvalue weighted by Crippen LogP contribution is -2.35. The Morgan fingerprint density at radius 1 is 1.25 bits per heavy atom. The number of unbranched alkanes of at least 4 members (excludes halogenated alkanes) is 1. The molecule has 0 bridgehead atoms. The topological polar surface area (TPSA) is 64.3 Å². The summed E-state index contributed by atoms with van der Waals surface area (Å²) in [4.78, 5) is 11.9. The first kappa shape index (κ1) is 16.5. The fraction of sp³-hybridized carbons (Fsp3) is 0.562. The average Bonchev–Trinajstić information content (AvgIpc) is 2.37. The summed E-state index contributed by atoms with van der Waals surface area (Å²) in [6.45, 7) is 6.25. The number of carbonyl (C=O) groups excluding carboxylic acids is 1. The van der Waals surface area contributed by atoms with E-state index in [-0.39, 0.29) is 12.1 Å². The first-order valence-electron chi connectivity index (χ1n) is 7.17. The van der Waals surface area contributed by atoms with Gasteiger partial charge in [0.05, 0.1) is 6.04 Å². The van der Waals surface area contributed by atoms with E-state index in [1.165, 1.54) is 0 Å². The van der Waals surface area contributed by atoms with Crippen molar-refractivity contribution in [2.75, 3.05) is 6.54 Å². The Morgan fingerprint density at radius 3 is 2.45 bits per heavy atom. The molecule has 0 aliphatic carbocycles. The van der Waals surface area contributed by atoms with Gasteiger partial charge in [0.1, 0.15) is 5.60 Å². The molecule has 0 aliphatic rings. The van der Waals surface area contributed by atoms with Crippen LogP contribution in [0, 0.1) is 0 Å². The highest BCUT2D eigenvalue weighted by molar-refractivity contribution is 5.68. The van der Waals surface area contributed by atoms with E-state index in [0.717, 1.165) is 24.8 Å². The molecule has 4 nitrogen and oxygen atoms in total. The number of hydrogen-bond donors (Lipinski definition) is 2. The van der Waals surface area contributed by atoms with Crippen LogP contribution in [-0.2, 0) is 4.74 Å². The number of ether oxygens (including phenoxy) is 1. The summed E-state index contributed by atoms with van der Waals surface area (Å²) in [6, 6.07) is 9.92. The lowest BCUT2D eigenvalue weighted by molar-refractivity contribution is 0.0500. The summed E-state index contributed by atoms with van der Waals surface area (Å²) in [5.74, 6) is 0. The highest BCUT2D eigenvalue weighted by atomic mass is 16.6. The van der Waals surface area contributed by atoms with E-state index in [1.807, 2.05) is 51.1 Å². The third-order valence-corrected chi connectivity index (χ3v) is 2.84. The van der Waals surface area contributed by atoms with E-state index in [4.69, 9.17) is 10.5 Å². The van der Waals surface area contributed by atoms with Gasteiger partial charge in [-0.25, -0.2) is 4.79 Å². The Labute approximate surface area is 121 Å². The molecule has 20 heavy (non-hydrogen) atoms. The van der Waals surface area contributed by atoms with Crippen molar-refractivity contribution in [3.05, 3.63) is 35.9 Å². The number of rotatable bonds is 6. The molecule has 1 aromatic carbocycles. The van der Waals surface area contributed by atoms with Crippen LogP contribution in [0.25, 0.3) is 0 Å². The largest absolute Gasteiger partial charge is 0.444 e. The molecular formula is C16H26N2O2. The molecule has 0 aliphatic heterocycles. The maximum absolute atomic E-state index is 11.9. The number of nitrogens with one attached hydrogen (secondary N) is 1. The summed E-state index contributed by atoms with van der Waals surface area (Å²) in [7, 11) is 0. The fourth-order valence-corrected chi connectivity index (χ4v) is 1.95. The van der Waals surface area contributed by atoms with Crippen molar-refractivity contribution in [1.82, 2.24) is 5.32 Å². The zero-order valence-electron chi connectivity index (χ0n) is 12.7. The lowest BCUT2D eigenvalue weighted by Gasteiger charge is -2.24. The number of benzene rings is 1. The van der Waals surface area contributed by atoms with Crippen molar-refractivity contribution in [3.63, 3.8) is 0 Å². The van der Waals surface area contributed by atoms with E-state index in [2.05, 4.69) is 5.32 Å². The minimum absolute atomic E-state index is 0.0300. The Morgan fingerprint density at radius 2 is 1.90 bits per heavy atom. The van der Waals surface area contributed by atoms with Crippen molar-refractivity contribution < 1.29 is 9.53 Å². The molecule has 1 amide bonds. The maximum Gasteiger partial charge on any atom is 0.408 e. The molecule has 4 heteroatoms. The second kappa shape index (κ2) is 7.90. The number of carbonyl (C=O) groups is 1. The summed E-state index contributed by atoms with van der Waals surface area (Å²) >= 11 is 0. The molecule has 1 atom stereocenters. The average molecular weight is 278 g/mol. The van der Waals surface area contributed by atoms with Gasteiger partial charge in [0.2, 0.25) is 0 Å². The molecule has 0 aromatic heterocycles. The second-order valence-corrected chi connectivity index (χ2v) is 5.89. The van der Waals surface area contributed by atoms with Crippen molar-refractivity contribution in [2.45, 2.75) is 51.7 Å². The van der Waals surface area contributed by atoms with E-state index >= 15 is 0 Å². The van der Waals surface area contributed by atoms with Gasteiger partial charge in [0, 0.05) is 0 Å². The highest BCUT2D eigenvalue weighted by Crippen LogP contribution is 2.20. The summed E-state index contributed by atoms with van der Waals surface area (Å²) in [6.07, 6.45) is 2.42. The number of nitrogens with two attached hydrogens (primary N) is 1. The monoisotopic (exact) mass is 278 g/mol. The smallest absolute Gasteiger partial charge is 0.408 e. The van der Waals surface area contributed by atoms with Crippen molar-refractivity contribution >= 4 is 6.09 Å². The van der Waals surface area contributed by atoms with E-state index in [9.17, 15) is 4.79 Å². The van der Waals surface area contributed by atoms with Gasteiger partial charge in [0.15, 0.2) is 0 Å².